The standard InChI is InChI=1S/C27H27N3O3S/c1-16-7-10-19(11-8-16)14-28-23(31)15-29-26-24(21-5-4-6-22(21)34-26)25(32)30(27(29)33)20-12-9-17(2)18(3)13-20/h7-13H,4-6,14-15H2,1-3H3,(H,28,31). The lowest BCUT2D eigenvalue weighted by Crippen LogP contribution is -2.41. The summed E-state index contributed by atoms with van der Waals surface area (Å²) in [5.74, 6) is -0.261. The van der Waals surface area contributed by atoms with Crippen molar-refractivity contribution in [2.24, 2.45) is 0 Å². The smallest absolute Gasteiger partial charge is 0.337 e. The van der Waals surface area contributed by atoms with E-state index >= 15 is 0 Å². The van der Waals surface area contributed by atoms with Crippen LogP contribution in [-0.4, -0.2) is 15.0 Å². The Balaban J connectivity index is 1.58. The van der Waals surface area contributed by atoms with E-state index in [1.54, 1.807) is 6.07 Å². The van der Waals surface area contributed by atoms with Crippen molar-refractivity contribution in [3.63, 3.8) is 0 Å². The number of rotatable bonds is 5. The monoisotopic (exact) mass is 473 g/mol. The Hall–Kier alpha value is -3.45. The third-order valence-electron chi connectivity index (χ3n) is 6.65. The lowest BCUT2D eigenvalue weighted by atomic mass is 10.1. The van der Waals surface area contributed by atoms with Gasteiger partial charge in [-0.2, -0.15) is 0 Å². The van der Waals surface area contributed by atoms with Crippen molar-refractivity contribution in [1.29, 1.82) is 0 Å². The zero-order valence-corrected chi connectivity index (χ0v) is 20.4. The number of nitrogens with one attached hydrogen (secondary N) is 1. The number of hydrogen-bond acceptors (Lipinski definition) is 4. The number of benzene rings is 2. The molecule has 1 N–H and O–H groups in total. The predicted molar refractivity (Wildman–Crippen MR) is 136 cm³/mol. The first-order valence-corrected chi connectivity index (χ1v) is 12.3. The van der Waals surface area contributed by atoms with Crippen LogP contribution in [0.1, 0.15) is 39.1 Å². The predicted octanol–water partition coefficient (Wildman–Crippen LogP) is 3.94. The van der Waals surface area contributed by atoms with Crippen LogP contribution in [0.5, 0.6) is 0 Å². The molecule has 0 saturated carbocycles. The van der Waals surface area contributed by atoms with Gasteiger partial charge in [0.05, 0.1) is 11.1 Å². The molecule has 174 valence electrons. The van der Waals surface area contributed by atoms with Crippen molar-refractivity contribution in [2.45, 2.75) is 53.1 Å². The Morgan fingerprint density at radius 3 is 2.50 bits per heavy atom. The fourth-order valence-corrected chi connectivity index (χ4v) is 5.92. The van der Waals surface area contributed by atoms with E-state index in [9.17, 15) is 14.4 Å². The minimum Gasteiger partial charge on any atom is -0.350 e. The van der Waals surface area contributed by atoms with Crippen molar-refractivity contribution in [2.75, 3.05) is 0 Å². The number of aromatic nitrogens is 2. The van der Waals surface area contributed by atoms with Gasteiger partial charge in [0, 0.05) is 11.4 Å². The van der Waals surface area contributed by atoms with E-state index in [1.165, 1.54) is 20.5 Å². The quantitative estimate of drug-likeness (QED) is 0.477. The molecule has 2 heterocycles. The van der Waals surface area contributed by atoms with Crippen LogP contribution in [0.15, 0.2) is 52.1 Å². The van der Waals surface area contributed by atoms with E-state index in [1.807, 2.05) is 57.2 Å². The van der Waals surface area contributed by atoms with Crippen molar-refractivity contribution >= 4 is 27.5 Å². The van der Waals surface area contributed by atoms with Gasteiger partial charge in [-0.3, -0.25) is 14.2 Å². The van der Waals surface area contributed by atoms with Crippen LogP contribution in [0.25, 0.3) is 15.9 Å². The van der Waals surface area contributed by atoms with Gasteiger partial charge in [0.25, 0.3) is 5.56 Å². The molecular formula is C27H27N3O3S. The molecule has 5 rings (SSSR count). The molecule has 0 radical (unpaired) electrons. The fourth-order valence-electron chi connectivity index (χ4n) is 4.54. The maximum atomic E-state index is 13.6. The van der Waals surface area contributed by atoms with Crippen molar-refractivity contribution in [1.82, 2.24) is 14.5 Å². The van der Waals surface area contributed by atoms with Crippen LogP contribution in [-0.2, 0) is 30.7 Å². The number of carbonyl (C=O) groups excluding carboxylic acids is 1. The highest BCUT2D eigenvalue weighted by atomic mass is 32.1. The van der Waals surface area contributed by atoms with Crippen LogP contribution in [0.2, 0.25) is 0 Å². The highest BCUT2D eigenvalue weighted by molar-refractivity contribution is 7.19. The number of thiophene rings is 1. The molecule has 1 aliphatic carbocycles. The Morgan fingerprint density at radius 2 is 1.76 bits per heavy atom. The summed E-state index contributed by atoms with van der Waals surface area (Å²) in [7, 11) is 0. The lowest BCUT2D eigenvalue weighted by molar-refractivity contribution is -0.121. The molecule has 0 fully saturated rings. The summed E-state index contributed by atoms with van der Waals surface area (Å²) < 4.78 is 2.70. The Bertz CT molecular complexity index is 1540. The number of amides is 1. The zero-order chi connectivity index (χ0) is 24.0. The van der Waals surface area contributed by atoms with Gasteiger partial charge in [-0.25, -0.2) is 9.36 Å². The molecule has 1 amide bonds. The first-order chi connectivity index (χ1) is 16.3. The molecule has 2 aromatic carbocycles. The molecule has 0 spiro atoms. The van der Waals surface area contributed by atoms with Crippen LogP contribution < -0.4 is 16.6 Å². The molecule has 0 aliphatic heterocycles. The summed E-state index contributed by atoms with van der Waals surface area (Å²) in [6.45, 7) is 6.22. The van der Waals surface area contributed by atoms with Crippen LogP contribution >= 0.6 is 11.3 Å². The molecule has 4 aromatic rings. The molecule has 34 heavy (non-hydrogen) atoms. The van der Waals surface area contributed by atoms with Gasteiger partial charge in [0.15, 0.2) is 0 Å². The summed E-state index contributed by atoms with van der Waals surface area (Å²) in [6.07, 6.45) is 2.75. The average Bonchev–Trinajstić information content (AvgIpc) is 3.40. The topological polar surface area (TPSA) is 73.1 Å². The zero-order valence-electron chi connectivity index (χ0n) is 19.6. The maximum Gasteiger partial charge on any atom is 0.337 e. The second-order valence-electron chi connectivity index (χ2n) is 9.08. The van der Waals surface area contributed by atoms with Crippen molar-refractivity contribution < 1.29 is 4.79 Å². The maximum absolute atomic E-state index is 13.6. The van der Waals surface area contributed by atoms with Gasteiger partial charge < -0.3 is 5.32 Å². The highest BCUT2D eigenvalue weighted by Gasteiger charge is 2.26. The minimum atomic E-state index is -0.480. The summed E-state index contributed by atoms with van der Waals surface area (Å²) in [5, 5.41) is 3.50. The first kappa shape index (κ1) is 22.3. The second-order valence-corrected chi connectivity index (χ2v) is 10.2. The lowest BCUT2D eigenvalue weighted by Gasteiger charge is -2.14. The molecule has 7 heteroatoms. The van der Waals surface area contributed by atoms with Gasteiger partial charge in [-0.1, -0.05) is 35.9 Å². The largest absolute Gasteiger partial charge is 0.350 e. The van der Waals surface area contributed by atoms with Gasteiger partial charge in [0.2, 0.25) is 5.91 Å². The van der Waals surface area contributed by atoms with Crippen molar-refractivity contribution in [3.05, 3.63) is 96.0 Å². The van der Waals surface area contributed by atoms with E-state index in [0.29, 0.717) is 22.4 Å². The molecule has 0 saturated heterocycles. The van der Waals surface area contributed by atoms with Crippen LogP contribution in [0, 0.1) is 20.8 Å². The average molecular weight is 474 g/mol. The number of nitrogens with zero attached hydrogens (tertiary/aromatic N) is 2. The van der Waals surface area contributed by atoms with E-state index in [0.717, 1.165) is 52.0 Å². The Labute approximate surface area is 201 Å². The molecule has 0 atom stereocenters. The summed E-state index contributed by atoms with van der Waals surface area (Å²) >= 11 is 1.48. The second kappa shape index (κ2) is 8.72. The Morgan fingerprint density at radius 1 is 1.00 bits per heavy atom. The van der Waals surface area contributed by atoms with E-state index < -0.39 is 5.69 Å². The molecule has 0 bridgehead atoms. The number of fused-ring (bicyclic) bond motifs is 3. The van der Waals surface area contributed by atoms with Crippen molar-refractivity contribution in [3.8, 4) is 5.69 Å². The molecule has 2 aromatic heterocycles. The van der Waals surface area contributed by atoms with Gasteiger partial charge >= 0.3 is 5.69 Å². The summed E-state index contributed by atoms with van der Waals surface area (Å²) in [5.41, 5.74) is 5.04. The van der Waals surface area contributed by atoms with E-state index in [2.05, 4.69) is 5.32 Å². The Kier molecular flexibility index (Phi) is 5.73. The molecular weight excluding hydrogens is 446 g/mol. The third kappa shape index (κ3) is 3.90. The number of aryl methyl sites for hydroxylation is 5. The molecule has 6 nitrogen and oxygen atoms in total. The van der Waals surface area contributed by atoms with E-state index in [4.69, 9.17) is 0 Å². The highest BCUT2D eigenvalue weighted by Crippen LogP contribution is 2.35. The van der Waals surface area contributed by atoms with Crippen LogP contribution in [0.3, 0.4) is 0 Å². The summed E-state index contributed by atoms with van der Waals surface area (Å²) in [6, 6.07) is 13.5. The first-order valence-electron chi connectivity index (χ1n) is 11.5. The van der Waals surface area contributed by atoms with Crippen LogP contribution in [0.4, 0.5) is 0 Å². The van der Waals surface area contributed by atoms with E-state index in [-0.39, 0.29) is 18.0 Å². The van der Waals surface area contributed by atoms with Gasteiger partial charge in [0.1, 0.15) is 11.4 Å². The van der Waals surface area contributed by atoms with Gasteiger partial charge in [-0.05, 0) is 74.4 Å². The third-order valence-corrected chi connectivity index (χ3v) is 7.96. The molecule has 1 aliphatic rings. The minimum absolute atomic E-state index is 0.133. The normalized spacial score (nSPS) is 12.8. The fraction of sp³-hybridized carbons (Fsp3) is 0.296. The summed E-state index contributed by atoms with van der Waals surface area (Å²) in [4.78, 5) is 41.9. The van der Waals surface area contributed by atoms with Gasteiger partial charge in [-0.15, -0.1) is 11.3 Å². The number of hydrogen-bond donors (Lipinski definition) is 1. The SMILES string of the molecule is Cc1ccc(CNC(=O)Cn2c(=O)n(-c3ccc(C)c(C)c3)c(=O)c3c4c(sc32)CCC4)cc1. The number of carbonyl (C=O) groups is 1. The molecule has 0 unspecified atom stereocenters.